The van der Waals surface area contributed by atoms with Crippen molar-refractivity contribution in [1.82, 2.24) is 5.32 Å². The number of carbonyl (C=O) groups excluding carboxylic acids is 1. The van der Waals surface area contributed by atoms with Crippen molar-refractivity contribution in [3.8, 4) is 0 Å². The standard InChI is InChI=1S/C51H99NO6S/c1-3-5-7-9-11-13-15-17-19-21-23-25-27-29-31-33-35-37-39-41-43-45-49(53)48(47-59(56,57)58)52-51(55)50(54)46-44-42-40-38-36-34-32-30-28-26-24-22-20-18-16-14-12-10-8-6-4-2/h28,30,43,45,48-50,53-54H,3-27,29,31-42,44,46-47H2,1-2H3,(H,52,55)(H,56,57,58)/b30-28-,45-43+. The molecule has 0 spiro atoms. The van der Waals surface area contributed by atoms with Gasteiger partial charge in [-0.25, -0.2) is 0 Å². The number of aliphatic hydroxyl groups excluding tert-OH is 2. The Kier molecular flexibility index (Phi) is 43.9. The van der Waals surface area contributed by atoms with Crippen LogP contribution >= 0.6 is 0 Å². The summed E-state index contributed by atoms with van der Waals surface area (Å²) in [7, 11) is -4.45. The highest BCUT2D eigenvalue weighted by atomic mass is 32.2. The van der Waals surface area contributed by atoms with Gasteiger partial charge in [-0.3, -0.25) is 9.35 Å². The topological polar surface area (TPSA) is 124 Å². The number of aliphatic hydroxyl groups is 2. The van der Waals surface area contributed by atoms with Crippen LogP contribution in [0.15, 0.2) is 24.3 Å². The maximum Gasteiger partial charge on any atom is 0.267 e. The average Bonchev–Trinajstić information content (AvgIpc) is 3.21. The summed E-state index contributed by atoms with van der Waals surface area (Å²) in [6, 6.07) is -1.23. The van der Waals surface area contributed by atoms with Crippen LogP contribution in [0.3, 0.4) is 0 Å². The molecule has 4 N–H and O–H groups in total. The molecule has 0 heterocycles. The van der Waals surface area contributed by atoms with E-state index in [4.69, 9.17) is 0 Å². The molecule has 0 radical (unpaired) electrons. The van der Waals surface area contributed by atoms with Gasteiger partial charge in [-0.1, -0.05) is 250 Å². The second kappa shape index (κ2) is 44.8. The first kappa shape index (κ1) is 57.8. The van der Waals surface area contributed by atoms with Gasteiger partial charge in [0.25, 0.3) is 10.1 Å². The highest BCUT2D eigenvalue weighted by Gasteiger charge is 2.27. The Morgan fingerprint density at radius 1 is 0.458 bits per heavy atom. The summed E-state index contributed by atoms with van der Waals surface area (Å²) < 4.78 is 32.7. The van der Waals surface area contributed by atoms with E-state index in [1.165, 1.54) is 205 Å². The van der Waals surface area contributed by atoms with Crippen molar-refractivity contribution in [1.29, 1.82) is 0 Å². The summed E-state index contributed by atoms with van der Waals surface area (Å²) in [6.45, 7) is 4.55. The summed E-state index contributed by atoms with van der Waals surface area (Å²) in [5.41, 5.74) is 0. The molecule has 0 fully saturated rings. The third-order valence-corrected chi connectivity index (χ3v) is 12.8. The predicted molar refractivity (Wildman–Crippen MR) is 255 cm³/mol. The SMILES string of the molecule is CCCCCCCCCCCCC/C=C\CCCCCCCCC(O)C(=O)NC(CS(=O)(=O)O)C(O)/C=C/CCCCCCCCCCCCCCCCCCCCC. The third kappa shape index (κ3) is 44.6. The van der Waals surface area contributed by atoms with E-state index in [9.17, 15) is 28.0 Å². The molecule has 3 unspecified atom stereocenters. The Labute approximate surface area is 367 Å². The summed E-state index contributed by atoms with van der Waals surface area (Å²) >= 11 is 0. The number of allylic oxidation sites excluding steroid dienone is 3. The van der Waals surface area contributed by atoms with E-state index in [-0.39, 0.29) is 6.42 Å². The largest absolute Gasteiger partial charge is 0.387 e. The molecule has 8 heteroatoms. The minimum atomic E-state index is -4.45. The molecule has 0 rings (SSSR count). The molecule has 0 saturated heterocycles. The fourth-order valence-electron chi connectivity index (χ4n) is 8.04. The molecule has 0 aliphatic heterocycles. The van der Waals surface area contributed by atoms with Gasteiger partial charge in [-0.05, 0) is 44.9 Å². The highest BCUT2D eigenvalue weighted by molar-refractivity contribution is 7.85. The first-order valence-corrected chi connectivity index (χ1v) is 27.3. The van der Waals surface area contributed by atoms with E-state index in [0.29, 0.717) is 6.42 Å². The zero-order chi connectivity index (χ0) is 43.3. The summed E-state index contributed by atoms with van der Waals surface area (Å²) in [6.07, 6.45) is 55.3. The van der Waals surface area contributed by atoms with Gasteiger partial charge >= 0.3 is 0 Å². The lowest BCUT2D eigenvalue weighted by atomic mass is 10.0. The van der Waals surface area contributed by atoms with E-state index in [1.54, 1.807) is 0 Å². The van der Waals surface area contributed by atoms with Crippen molar-refractivity contribution in [2.45, 2.75) is 289 Å². The molecule has 0 aromatic carbocycles. The molecule has 0 aromatic rings. The predicted octanol–water partition coefficient (Wildman–Crippen LogP) is 14.8. The summed E-state index contributed by atoms with van der Waals surface area (Å²) in [5, 5.41) is 23.6. The van der Waals surface area contributed by atoms with E-state index < -0.39 is 40.0 Å². The van der Waals surface area contributed by atoms with Crippen LogP contribution in [0, 0.1) is 0 Å². The van der Waals surface area contributed by atoms with Gasteiger partial charge in [0.2, 0.25) is 5.91 Å². The zero-order valence-electron chi connectivity index (χ0n) is 39.0. The maximum absolute atomic E-state index is 12.7. The Morgan fingerprint density at radius 2 is 0.746 bits per heavy atom. The number of nitrogens with one attached hydrogen (secondary N) is 1. The molecule has 0 aliphatic carbocycles. The lowest BCUT2D eigenvalue weighted by molar-refractivity contribution is -0.130. The van der Waals surface area contributed by atoms with E-state index in [0.717, 1.165) is 44.9 Å². The number of rotatable bonds is 47. The molecule has 3 atom stereocenters. The smallest absolute Gasteiger partial charge is 0.267 e. The number of carbonyl (C=O) groups is 1. The van der Waals surface area contributed by atoms with Crippen LogP contribution in [0.2, 0.25) is 0 Å². The third-order valence-electron chi connectivity index (χ3n) is 12.0. The van der Waals surface area contributed by atoms with Crippen molar-refractivity contribution >= 4 is 16.0 Å². The van der Waals surface area contributed by atoms with Gasteiger partial charge < -0.3 is 15.5 Å². The van der Waals surface area contributed by atoms with Crippen molar-refractivity contribution in [2.75, 3.05) is 5.75 Å². The van der Waals surface area contributed by atoms with Gasteiger partial charge in [-0.2, -0.15) is 8.42 Å². The number of hydrogen-bond acceptors (Lipinski definition) is 5. The lowest BCUT2D eigenvalue weighted by Crippen LogP contribution is -2.50. The van der Waals surface area contributed by atoms with Crippen LogP contribution in [0.4, 0.5) is 0 Å². The van der Waals surface area contributed by atoms with E-state index >= 15 is 0 Å². The first-order valence-electron chi connectivity index (χ1n) is 25.6. The second-order valence-electron chi connectivity index (χ2n) is 17.9. The maximum atomic E-state index is 12.7. The Morgan fingerprint density at radius 3 is 1.07 bits per heavy atom. The summed E-state index contributed by atoms with van der Waals surface area (Å²) in [4.78, 5) is 12.7. The molecule has 0 aromatic heterocycles. The Bertz CT molecular complexity index is 1050. The van der Waals surface area contributed by atoms with Crippen LogP contribution in [-0.2, 0) is 14.9 Å². The van der Waals surface area contributed by atoms with Crippen LogP contribution in [-0.4, -0.2) is 53.1 Å². The number of amides is 1. The normalized spacial score (nSPS) is 13.8. The van der Waals surface area contributed by atoms with Crippen LogP contribution in [0.5, 0.6) is 0 Å². The second-order valence-corrected chi connectivity index (χ2v) is 19.4. The zero-order valence-corrected chi connectivity index (χ0v) is 39.8. The summed E-state index contributed by atoms with van der Waals surface area (Å²) in [5.74, 6) is -1.53. The fraction of sp³-hybridized carbons (Fsp3) is 0.902. The van der Waals surface area contributed by atoms with Gasteiger partial charge in [0.15, 0.2) is 0 Å². The molecule has 1 amide bonds. The van der Waals surface area contributed by atoms with Gasteiger partial charge in [0, 0.05) is 0 Å². The van der Waals surface area contributed by atoms with Gasteiger partial charge in [-0.15, -0.1) is 0 Å². The molecule has 59 heavy (non-hydrogen) atoms. The van der Waals surface area contributed by atoms with Crippen LogP contribution < -0.4 is 5.32 Å². The molecule has 0 aliphatic rings. The van der Waals surface area contributed by atoms with Crippen molar-refractivity contribution in [2.24, 2.45) is 0 Å². The monoisotopic (exact) mass is 854 g/mol. The Balaban J connectivity index is 3.90. The Hall–Kier alpha value is -1.22. The molecule has 0 saturated carbocycles. The molecule has 350 valence electrons. The van der Waals surface area contributed by atoms with E-state index in [1.807, 2.05) is 6.08 Å². The molecular formula is C51H99NO6S. The quantitative estimate of drug-likeness (QED) is 0.0275. The molecule has 7 nitrogen and oxygen atoms in total. The van der Waals surface area contributed by atoms with Gasteiger partial charge in [0.05, 0.1) is 17.9 Å². The number of unbranched alkanes of at least 4 members (excludes halogenated alkanes) is 36. The first-order chi connectivity index (χ1) is 28.7. The van der Waals surface area contributed by atoms with Crippen molar-refractivity contribution in [3.63, 3.8) is 0 Å². The van der Waals surface area contributed by atoms with Crippen LogP contribution in [0.1, 0.15) is 271 Å². The lowest BCUT2D eigenvalue weighted by Gasteiger charge is -2.22. The highest BCUT2D eigenvalue weighted by Crippen LogP contribution is 2.17. The van der Waals surface area contributed by atoms with Crippen molar-refractivity contribution < 1.29 is 28.0 Å². The fourth-order valence-corrected chi connectivity index (χ4v) is 8.78. The average molecular weight is 854 g/mol. The van der Waals surface area contributed by atoms with Gasteiger partial charge in [0.1, 0.15) is 6.10 Å². The molecule has 0 bridgehead atoms. The van der Waals surface area contributed by atoms with E-state index in [2.05, 4.69) is 31.3 Å². The number of hydrogen-bond donors (Lipinski definition) is 4. The molecular weight excluding hydrogens is 755 g/mol. The van der Waals surface area contributed by atoms with Crippen molar-refractivity contribution in [3.05, 3.63) is 24.3 Å². The minimum Gasteiger partial charge on any atom is -0.387 e. The van der Waals surface area contributed by atoms with Crippen LogP contribution in [0.25, 0.3) is 0 Å². The minimum absolute atomic E-state index is 0.275.